The number of hydrogen-bond acceptors (Lipinski definition) is 3. The van der Waals surface area contributed by atoms with E-state index >= 15 is 0 Å². The molecule has 2 aromatic carbocycles. The molecule has 0 bridgehead atoms. The lowest BCUT2D eigenvalue weighted by Gasteiger charge is -2.15. The molecule has 0 saturated heterocycles. The highest BCUT2D eigenvalue weighted by atomic mass is 79.9. The SMILES string of the molecule is CC(C)c1ccccc1OCCOc1ccc(Br)cc1C(N)=S. The van der Waals surface area contributed by atoms with E-state index in [1.165, 1.54) is 5.56 Å². The van der Waals surface area contributed by atoms with Crippen molar-refractivity contribution in [1.82, 2.24) is 0 Å². The summed E-state index contributed by atoms with van der Waals surface area (Å²) in [5.41, 5.74) is 7.65. The Morgan fingerprint density at radius 1 is 1.09 bits per heavy atom. The minimum Gasteiger partial charge on any atom is -0.490 e. The van der Waals surface area contributed by atoms with Crippen LogP contribution in [0.3, 0.4) is 0 Å². The Labute approximate surface area is 150 Å². The fourth-order valence-electron chi connectivity index (χ4n) is 2.21. The van der Waals surface area contributed by atoms with Crippen LogP contribution in [0.2, 0.25) is 0 Å². The molecule has 2 aromatic rings. The van der Waals surface area contributed by atoms with Crippen molar-refractivity contribution in [1.29, 1.82) is 0 Å². The van der Waals surface area contributed by atoms with Gasteiger partial charge in [-0.15, -0.1) is 0 Å². The summed E-state index contributed by atoms with van der Waals surface area (Å²) in [5.74, 6) is 1.98. The molecular formula is C18H20BrNO2S. The quantitative estimate of drug-likeness (QED) is 0.548. The predicted octanol–water partition coefficient (Wildman–Crippen LogP) is 4.66. The lowest BCUT2D eigenvalue weighted by Crippen LogP contribution is -2.15. The maximum absolute atomic E-state index is 5.85. The van der Waals surface area contributed by atoms with Crippen LogP contribution >= 0.6 is 28.1 Å². The molecule has 0 saturated carbocycles. The van der Waals surface area contributed by atoms with E-state index in [9.17, 15) is 0 Å². The zero-order chi connectivity index (χ0) is 16.8. The Bertz CT molecular complexity index is 688. The van der Waals surface area contributed by atoms with Crippen molar-refractivity contribution >= 4 is 33.1 Å². The summed E-state index contributed by atoms with van der Waals surface area (Å²) >= 11 is 8.46. The van der Waals surface area contributed by atoms with Gasteiger partial charge in [-0.2, -0.15) is 0 Å². The van der Waals surface area contributed by atoms with E-state index in [2.05, 4.69) is 35.8 Å². The average Bonchev–Trinajstić information content (AvgIpc) is 2.52. The Morgan fingerprint density at radius 2 is 1.74 bits per heavy atom. The molecule has 23 heavy (non-hydrogen) atoms. The molecule has 122 valence electrons. The molecule has 0 radical (unpaired) electrons. The van der Waals surface area contributed by atoms with Gasteiger partial charge in [0.15, 0.2) is 0 Å². The number of ether oxygens (including phenoxy) is 2. The van der Waals surface area contributed by atoms with Gasteiger partial charge in [-0.3, -0.25) is 0 Å². The molecule has 0 unspecified atom stereocenters. The molecule has 0 aliphatic rings. The fraction of sp³-hybridized carbons (Fsp3) is 0.278. The summed E-state index contributed by atoms with van der Waals surface area (Å²) < 4.78 is 12.5. The largest absolute Gasteiger partial charge is 0.490 e. The van der Waals surface area contributed by atoms with Gasteiger partial charge in [-0.25, -0.2) is 0 Å². The first-order valence-electron chi connectivity index (χ1n) is 7.43. The minimum atomic E-state index is 0.312. The molecule has 0 aliphatic carbocycles. The number of nitrogens with two attached hydrogens (primary N) is 1. The molecule has 5 heteroatoms. The van der Waals surface area contributed by atoms with Gasteiger partial charge in [0.2, 0.25) is 0 Å². The van der Waals surface area contributed by atoms with Crippen LogP contribution in [0.5, 0.6) is 11.5 Å². The number of benzene rings is 2. The Hall–Kier alpha value is -1.59. The van der Waals surface area contributed by atoms with E-state index in [4.69, 9.17) is 27.4 Å². The second kappa shape index (κ2) is 8.31. The third-order valence-electron chi connectivity index (χ3n) is 3.35. The zero-order valence-electron chi connectivity index (χ0n) is 13.2. The van der Waals surface area contributed by atoms with Crippen LogP contribution in [0.25, 0.3) is 0 Å². The lowest BCUT2D eigenvalue weighted by molar-refractivity contribution is 0.215. The van der Waals surface area contributed by atoms with Gasteiger partial charge in [-0.1, -0.05) is 60.2 Å². The van der Waals surface area contributed by atoms with Crippen molar-refractivity contribution in [3.8, 4) is 11.5 Å². The Morgan fingerprint density at radius 3 is 2.39 bits per heavy atom. The van der Waals surface area contributed by atoms with E-state index in [0.29, 0.717) is 29.9 Å². The van der Waals surface area contributed by atoms with E-state index in [1.54, 1.807) is 0 Å². The molecule has 0 amide bonds. The van der Waals surface area contributed by atoms with E-state index in [-0.39, 0.29) is 0 Å². The second-order valence-electron chi connectivity index (χ2n) is 5.39. The maximum Gasteiger partial charge on any atom is 0.129 e. The molecule has 0 atom stereocenters. The molecule has 2 N–H and O–H groups in total. The normalized spacial score (nSPS) is 10.6. The summed E-state index contributed by atoms with van der Waals surface area (Å²) in [7, 11) is 0. The highest BCUT2D eigenvalue weighted by Crippen LogP contribution is 2.26. The second-order valence-corrected chi connectivity index (χ2v) is 6.75. The molecule has 0 fully saturated rings. The van der Waals surface area contributed by atoms with Gasteiger partial charge in [0, 0.05) is 4.47 Å². The van der Waals surface area contributed by atoms with Gasteiger partial charge in [0.25, 0.3) is 0 Å². The van der Waals surface area contributed by atoms with E-state index < -0.39 is 0 Å². The third kappa shape index (κ3) is 4.94. The number of hydrogen-bond donors (Lipinski definition) is 1. The molecular weight excluding hydrogens is 374 g/mol. The summed E-state index contributed by atoms with van der Waals surface area (Å²) in [6.45, 7) is 5.17. The van der Waals surface area contributed by atoms with Gasteiger partial charge < -0.3 is 15.2 Å². The highest BCUT2D eigenvalue weighted by Gasteiger charge is 2.09. The van der Waals surface area contributed by atoms with Crippen molar-refractivity contribution in [3.63, 3.8) is 0 Å². The van der Waals surface area contributed by atoms with Crippen molar-refractivity contribution in [2.75, 3.05) is 13.2 Å². The van der Waals surface area contributed by atoms with Crippen LogP contribution in [-0.2, 0) is 0 Å². The van der Waals surface area contributed by atoms with Crippen LogP contribution < -0.4 is 15.2 Å². The first-order valence-corrected chi connectivity index (χ1v) is 8.63. The number of halogens is 1. The highest BCUT2D eigenvalue weighted by molar-refractivity contribution is 9.10. The minimum absolute atomic E-state index is 0.312. The van der Waals surface area contributed by atoms with Crippen molar-refractivity contribution in [3.05, 3.63) is 58.1 Å². The summed E-state index contributed by atoms with van der Waals surface area (Å²) in [5, 5.41) is 0. The Kier molecular flexibility index (Phi) is 6.42. The maximum atomic E-state index is 5.85. The van der Waals surface area contributed by atoms with E-state index in [0.717, 1.165) is 15.8 Å². The summed E-state index contributed by atoms with van der Waals surface area (Å²) in [6.07, 6.45) is 0. The molecule has 0 aliphatic heterocycles. The third-order valence-corrected chi connectivity index (χ3v) is 4.06. The van der Waals surface area contributed by atoms with Crippen LogP contribution in [0.1, 0.15) is 30.9 Å². The molecule has 3 nitrogen and oxygen atoms in total. The molecule has 0 spiro atoms. The number of thiocarbonyl (C=S) groups is 1. The number of para-hydroxylation sites is 1. The van der Waals surface area contributed by atoms with Gasteiger partial charge in [0.1, 0.15) is 29.7 Å². The summed E-state index contributed by atoms with van der Waals surface area (Å²) in [4.78, 5) is 0.312. The summed E-state index contributed by atoms with van der Waals surface area (Å²) in [6, 6.07) is 13.7. The average molecular weight is 394 g/mol. The Balaban J connectivity index is 1.95. The standard InChI is InChI=1S/C18H20BrNO2S/c1-12(2)14-5-3-4-6-16(14)21-9-10-22-17-8-7-13(19)11-15(17)18(20)23/h3-8,11-12H,9-10H2,1-2H3,(H2,20,23). The topological polar surface area (TPSA) is 44.5 Å². The fourth-order valence-corrected chi connectivity index (χ4v) is 2.73. The van der Waals surface area contributed by atoms with Crippen LogP contribution in [0, 0.1) is 0 Å². The van der Waals surface area contributed by atoms with Crippen LogP contribution in [0.4, 0.5) is 0 Å². The van der Waals surface area contributed by atoms with Crippen molar-refractivity contribution in [2.24, 2.45) is 5.73 Å². The smallest absolute Gasteiger partial charge is 0.129 e. The van der Waals surface area contributed by atoms with Gasteiger partial charge in [0.05, 0.1) is 5.56 Å². The monoisotopic (exact) mass is 393 g/mol. The first-order chi connectivity index (χ1) is 11.0. The zero-order valence-corrected chi connectivity index (χ0v) is 15.6. The lowest BCUT2D eigenvalue weighted by atomic mass is 10.0. The van der Waals surface area contributed by atoms with Crippen molar-refractivity contribution < 1.29 is 9.47 Å². The first kappa shape index (κ1) is 17.8. The number of rotatable bonds is 7. The van der Waals surface area contributed by atoms with Gasteiger partial charge >= 0.3 is 0 Å². The molecule has 2 rings (SSSR count). The van der Waals surface area contributed by atoms with Crippen LogP contribution in [0.15, 0.2) is 46.9 Å². The molecule has 0 heterocycles. The van der Waals surface area contributed by atoms with E-state index in [1.807, 2.05) is 36.4 Å². The van der Waals surface area contributed by atoms with Crippen LogP contribution in [-0.4, -0.2) is 18.2 Å². The molecule has 0 aromatic heterocycles. The van der Waals surface area contributed by atoms with Gasteiger partial charge in [-0.05, 0) is 35.7 Å². The predicted molar refractivity (Wildman–Crippen MR) is 102 cm³/mol. The van der Waals surface area contributed by atoms with Crippen molar-refractivity contribution in [2.45, 2.75) is 19.8 Å².